The minimum atomic E-state index is -5.08. The number of nitrogens with one attached hydrogen (secondary N) is 2. The van der Waals surface area contributed by atoms with Gasteiger partial charge in [-0.3, -0.25) is 19.2 Å². The number of carboxylic acid groups (broad SMARTS) is 2. The molecule has 2 amide bonds. The number of carbonyl (C=O) groups excluding carboxylic acids is 2. The fraction of sp³-hybridized carbons (Fsp3) is 0.364. The summed E-state index contributed by atoms with van der Waals surface area (Å²) in [7, 11) is -3.50. The second kappa shape index (κ2) is 13.4. The number of carboxylic acids is 2. The number of benzene rings is 1. The Hall–Kier alpha value is -3.22. The molecule has 220 valence electrons. The lowest BCUT2D eigenvalue weighted by Crippen LogP contribution is -2.71. The Morgan fingerprint density at radius 1 is 1.32 bits per heavy atom. The van der Waals surface area contributed by atoms with Crippen LogP contribution < -0.4 is 15.8 Å². The molecule has 12 nitrogen and oxygen atoms in total. The van der Waals surface area contributed by atoms with E-state index in [9.17, 15) is 41.1 Å². The van der Waals surface area contributed by atoms with Crippen molar-refractivity contribution in [3.05, 3.63) is 53.8 Å². The Kier molecular flexibility index (Phi) is 11.1. The van der Waals surface area contributed by atoms with Gasteiger partial charge in [0.1, 0.15) is 23.2 Å². The van der Waals surface area contributed by atoms with Crippen LogP contribution in [0.25, 0.3) is 0 Å². The van der Waals surface area contributed by atoms with Crippen molar-refractivity contribution >= 4 is 63.0 Å². The van der Waals surface area contributed by atoms with E-state index < -0.39 is 57.4 Å². The lowest BCUT2D eigenvalue weighted by atomic mass is 10.0. The summed E-state index contributed by atoms with van der Waals surface area (Å²) < 4.78 is 56.9. The number of hydrogen-bond donors (Lipinski definition) is 5. The number of rotatable bonds is 10. The summed E-state index contributed by atoms with van der Waals surface area (Å²) in [5.74, 6) is -3.51. The van der Waals surface area contributed by atoms with Crippen molar-refractivity contribution in [3.8, 4) is 0 Å². The number of alkyl halides is 3. The Morgan fingerprint density at radius 2 is 1.95 bits per heavy atom. The van der Waals surface area contributed by atoms with Crippen LogP contribution in [0.4, 0.5) is 18.9 Å². The second-order valence-corrected chi connectivity index (χ2v) is 12.1. The highest BCUT2D eigenvalue weighted by atomic mass is 32.2. The minimum absolute atomic E-state index is 0.0327. The number of thioether (sulfide) groups is 2. The largest absolute Gasteiger partial charge is 0.490 e. The summed E-state index contributed by atoms with van der Waals surface area (Å²) in [4.78, 5) is 47.4. The Morgan fingerprint density at radius 3 is 2.48 bits per heavy atom. The monoisotopic (exact) mass is 626 g/mol. The molecule has 0 bridgehead atoms. The molecular formula is C22H25F3N4O8S3. The minimum Gasteiger partial charge on any atom is -0.477 e. The van der Waals surface area contributed by atoms with Gasteiger partial charge < -0.3 is 21.3 Å². The lowest BCUT2D eigenvalue weighted by molar-refractivity contribution is -0.192. The van der Waals surface area contributed by atoms with Crippen LogP contribution in [0.15, 0.2) is 48.2 Å². The first-order valence-electron chi connectivity index (χ1n) is 11.0. The topological polar surface area (TPSA) is 196 Å². The molecule has 2 heterocycles. The first kappa shape index (κ1) is 33.0. The van der Waals surface area contributed by atoms with Crippen molar-refractivity contribution < 1.29 is 51.0 Å². The number of amides is 2. The van der Waals surface area contributed by atoms with E-state index in [1.165, 1.54) is 40.6 Å². The van der Waals surface area contributed by atoms with Crippen molar-refractivity contribution in [2.75, 3.05) is 28.2 Å². The number of nitrogens with zero attached hydrogens (tertiary/aromatic N) is 1. The van der Waals surface area contributed by atoms with Crippen LogP contribution in [-0.2, 0) is 29.2 Å². The molecule has 0 aliphatic carbocycles. The summed E-state index contributed by atoms with van der Waals surface area (Å²) in [6, 6.07) is 4.03. The molecule has 1 fully saturated rings. The molecule has 1 unspecified atom stereocenters. The summed E-state index contributed by atoms with van der Waals surface area (Å²) >= 11 is 2.89. The maximum atomic E-state index is 12.8. The maximum absolute atomic E-state index is 12.8. The number of hydrogen-bond acceptors (Lipinski definition) is 9. The van der Waals surface area contributed by atoms with Gasteiger partial charge in [0.25, 0.3) is 5.91 Å². The zero-order chi connectivity index (χ0) is 30.4. The average Bonchev–Trinajstić information content (AvgIpc) is 2.85. The van der Waals surface area contributed by atoms with Crippen molar-refractivity contribution in [2.24, 2.45) is 5.73 Å². The van der Waals surface area contributed by atoms with Gasteiger partial charge in [-0.1, -0.05) is 18.2 Å². The molecule has 0 radical (unpaired) electrons. The fourth-order valence-corrected chi connectivity index (χ4v) is 6.26. The summed E-state index contributed by atoms with van der Waals surface area (Å²) in [5.41, 5.74) is 7.27. The maximum Gasteiger partial charge on any atom is 0.490 e. The van der Waals surface area contributed by atoms with E-state index in [0.29, 0.717) is 28.4 Å². The van der Waals surface area contributed by atoms with Crippen LogP contribution in [0.5, 0.6) is 0 Å². The molecule has 6 N–H and O–H groups in total. The number of carbonyl (C=O) groups is 4. The molecule has 40 heavy (non-hydrogen) atoms. The molecule has 1 aromatic carbocycles. The smallest absolute Gasteiger partial charge is 0.477 e. The van der Waals surface area contributed by atoms with E-state index in [4.69, 9.17) is 15.6 Å². The highest BCUT2D eigenvalue weighted by molar-refractivity contribution is 8.01. The van der Waals surface area contributed by atoms with E-state index >= 15 is 0 Å². The third-order valence-corrected chi connectivity index (χ3v) is 8.10. The highest BCUT2D eigenvalue weighted by Crippen LogP contribution is 2.41. The predicted molar refractivity (Wildman–Crippen MR) is 143 cm³/mol. The predicted octanol–water partition coefficient (Wildman–Crippen LogP) is 1.35. The number of β-lactam (4-membered cyclic amide) rings is 1. The van der Waals surface area contributed by atoms with E-state index in [-0.39, 0.29) is 11.4 Å². The van der Waals surface area contributed by atoms with E-state index in [2.05, 4.69) is 16.6 Å². The number of halogens is 3. The van der Waals surface area contributed by atoms with Crippen LogP contribution >= 0.6 is 23.5 Å². The summed E-state index contributed by atoms with van der Waals surface area (Å²) in [6.45, 7) is 3.64. The number of nitrogens with two attached hydrogens (primary N) is 1. The van der Waals surface area contributed by atoms with Gasteiger partial charge in [0, 0.05) is 22.9 Å². The van der Waals surface area contributed by atoms with Crippen molar-refractivity contribution in [2.45, 2.75) is 23.6 Å². The van der Waals surface area contributed by atoms with Gasteiger partial charge in [0.2, 0.25) is 15.9 Å². The van der Waals surface area contributed by atoms with Gasteiger partial charge >= 0.3 is 18.1 Å². The van der Waals surface area contributed by atoms with Gasteiger partial charge in [-0.05, 0) is 23.3 Å². The zero-order valence-corrected chi connectivity index (χ0v) is 23.1. The van der Waals surface area contributed by atoms with Gasteiger partial charge in [0.15, 0.2) is 0 Å². The third-order valence-electron chi connectivity index (χ3n) is 5.13. The first-order chi connectivity index (χ1) is 18.5. The quantitative estimate of drug-likeness (QED) is 0.143. The number of aliphatic carboxylic acids is 2. The molecule has 2 aliphatic rings. The van der Waals surface area contributed by atoms with Gasteiger partial charge in [-0.2, -0.15) is 24.9 Å². The molecule has 3 atom stereocenters. The van der Waals surface area contributed by atoms with Crippen molar-refractivity contribution in [1.29, 1.82) is 0 Å². The fourth-order valence-electron chi connectivity index (χ4n) is 3.46. The van der Waals surface area contributed by atoms with E-state index in [1.807, 2.05) is 0 Å². The summed E-state index contributed by atoms with van der Waals surface area (Å²) in [5, 5.41) is 18.9. The Bertz CT molecular complexity index is 1320. The van der Waals surface area contributed by atoms with Crippen LogP contribution in [0.3, 0.4) is 0 Å². The molecule has 0 spiro atoms. The molecule has 0 aromatic heterocycles. The number of sulfonamides is 1. The van der Waals surface area contributed by atoms with Gasteiger partial charge in [-0.25, -0.2) is 18.0 Å². The van der Waals surface area contributed by atoms with Crippen molar-refractivity contribution in [1.82, 2.24) is 10.2 Å². The third kappa shape index (κ3) is 8.64. The Labute approximate surface area is 235 Å². The molecule has 18 heteroatoms. The van der Waals surface area contributed by atoms with Crippen LogP contribution in [0, 0.1) is 0 Å². The molecule has 0 saturated carbocycles. The molecule has 1 aromatic rings. The second-order valence-electron chi connectivity index (χ2n) is 8.24. The SMILES string of the molecule is C=CCSCC1=C(C(=O)O)N2C(=O)C(NC(=O)[C@H](N)c3cccc(NS(C)(=O)=O)c3)[C@@H]2SC1.O=C(O)C(F)(F)F. The van der Waals surface area contributed by atoms with Crippen LogP contribution in [0.2, 0.25) is 0 Å². The first-order valence-corrected chi connectivity index (χ1v) is 15.1. The van der Waals surface area contributed by atoms with Crippen LogP contribution in [-0.4, -0.2) is 88.4 Å². The van der Waals surface area contributed by atoms with Crippen molar-refractivity contribution in [3.63, 3.8) is 0 Å². The lowest BCUT2D eigenvalue weighted by Gasteiger charge is -2.49. The average molecular weight is 627 g/mol. The van der Waals surface area contributed by atoms with Gasteiger partial charge in [0.05, 0.1) is 6.26 Å². The van der Waals surface area contributed by atoms with E-state index in [1.54, 1.807) is 18.2 Å². The van der Waals surface area contributed by atoms with Gasteiger partial charge in [-0.15, -0.1) is 18.3 Å². The molecule has 3 rings (SSSR count). The zero-order valence-electron chi connectivity index (χ0n) is 20.7. The Balaban J connectivity index is 0.000000708. The highest BCUT2D eigenvalue weighted by Gasteiger charge is 2.54. The standard InChI is InChI=1S/C20H24N4O6S3.C2HF3O2/c1-3-7-31-9-12-10-32-19-15(18(26)24(19)16(12)20(27)28)22-17(25)14(21)11-5-4-6-13(8-11)23-33(2,29)30;3-2(4,5)1(6)7/h3-6,8,14-15,19,23H,1,7,9-10,21H2,2H3,(H,22,25)(H,27,28);(H,6,7)/t14-,15?,19+;/m1./s1. The number of anilines is 1. The summed E-state index contributed by atoms with van der Waals surface area (Å²) in [6.07, 6.45) is -2.35. The molecule has 2 aliphatic heterocycles. The van der Waals surface area contributed by atoms with E-state index in [0.717, 1.165) is 6.26 Å². The molecule has 1 saturated heterocycles. The normalized spacial score (nSPS) is 19.3. The number of fused-ring (bicyclic) bond motifs is 1. The van der Waals surface area contributed by atoms with Crippen LogP contribution in [0.1, 0.15) is 11.6 Å². The molecular weight excluding hydrogens is 601 g/mol.